The molecule has 0 spiro atoms. The van der Waals surface area contributed by atoms with Crippen molar-refractivity contribution in [2.45, 2.75) is 24.5 Å². The number of rotatable bonds is 3. The van der Waals surface area contributed by atoms with Crippen LogP contribution in [0.5, 0.6) is 0 Å². The number of carbonyl (C=O) groups is 1. The number of hydrogen-bond donors (Lipinski definition) is 1. The first-order chi connectivity index (χ1) is 13.9. The molecule has 0 saturated carbocycles. The molecule has 2 aromatic carbocycles. The van der Waals surface area contributed by atoms with Crippen molar-refractivity contribution in [3.63, 3.8) is 0 Å². The topological polar surface area (TPSA) is 76.4 Å². The lowest BCUT2D eigenvalue weighted by atomic mass is 9.96. The van der Waals surface area contributed by atoms with Crippen molar-refractivity contribution >= 4 is 32.3 Å². The molecule has 0 atom stereocenters. The van der Waals surface area contributed by atoms with Gasteiger partial charge in [0.1, 0.15) is 12.4 Å². The Morgan fingerprint density at radius 2 is 1.83 bits per heavy atom. The Balaban J connectivity index is 2.03. The highest BCUT2D eigenvalue weighted by molar-refractivity contribution is 7.95. The lowest BCUT2D eigenvalue weighted by Crippen LogP contribution is -2.10. The molecule has 30 heavy (non-hydrogen) atoms. The van der Waals surface area contributed by atoms with Gasteiger partial charge in [-0.15, -0.1) is 0 Å². The fourth-order valence-electron chi connectivity index (χ4n) is 3.77. The number of alkyl halides is 3. The highest BCUT2D eigenvalue weighted by Gasteiger charge is 2.36. The average Bonchev–Trinajstić information content (AvgIpc) is 3.04. The van der Waals surface area contributed by atoms with E-state index in [1.807, 2.05) is 0 Å². The van der Waals surface area contributed by atoms with E-state index in [0.29, 0.717) is 17.3 Å². The Labute approximate surface area is 167 Å². The van der Waals surface area contributed by atoms with Gasteiger partial charge in [0.2, 0.25) is 9.84 Å². The SMILES string of the molecule is Cc1c(C2=CS(=O)(=O)c3cc(C(F)(F)F)ccc32)c2cc(F)ccc2n1CC(=O)O. The fourth-order valence-corrected chi connectivity index (χ4v) is 5.22. The summed E-state index contributed by atoms with van der Waals surface area (Å²) >= 11 is 0. The third-order valence-electron chi connectivity index (χ3n) is 5.03. The number of halogens is 4. The molecule has 0 bridgehead atoms. The second-order valence-corrected chi connectivity index (χ2v) is 8.65. The summed E-state index contributed by atoms with van der Waals surface area (Å²) in [6.45, 7) is 1.10. The molecule has 0 fully saturated rings. The summed E-state index contributed by atoms with van der Waals surface area (Å²) < 4.78 is 79.7. The predicted octanol–water partition coefficient (Wildman–Crippen LogP) is 4.37. The first-order valence-corrected chi connectivity index (χ1v) is 10.1. The maximum atomic E-state index is 14.0. The van der Waals surface area contributed by atoms with Gasteiger partial charge in [-0.25, -0.2) is 12.8 Å². The van der Waals surface area contributed by atoms with Crippen molar-refractivity contribution in [2.24, 2.45) is 0 Å². The van der Waals surface area contributed by atoms with E-state index in [4.69, 9.17) is 0 Å². The Hall–Kier alpha value is -3.14. The molecular weight excluding hydrogens is 426 g/mol. The minimum atomic E-state index is -4.72. The highest BCUT2D eigenvalue weighted by Crippen LogP contribution is 2.44. The molecular formula is C20H13F4NO4S. The minimum Gasteiger partial charge on any atom is -0.480 e. The first-order valence-electron chi connectivity index (χ1n) is 8.59. The smallest absolute Gasteiger partial charge is 0.416 e. The van der Waals surface area contributed by atoms with Gasteiger partial charge in [-0.05, 0) is 37.3 Å². The Bertz CT molecular complexity index is 1370. The number of benzene rings is 2. The van der Waals surface area contributed by atoms with Crippen LogP contribution in [-0.2, 0) is 27.4 Å². The van der Waals surface area contributed by atoms with Crippen LogP contribution in [-0.4, -0.2) is 24.1 Å². The van der Waals surface area contributed by atoms with Crippen LogP contribution in [0.2, 0.25) is 0 Å². The lowest BCUT2D eigenvalue weighted by Gasteiger charge is -2.10. The number of fused-ring (bicyclic) bond motifs is 2. The standard InChI is InChI=1S/C20H13F4NO4S/c1-10-19(14-7-12(21)3-5-16(14)25(10)8-18(26)27)15-9-30(28,29)17-6-11(20(22,23)24)2-4-13(15)17/h2-7,9H,8H2,1H3,(H,26,27). The average molecular weight is 439 g/mol. The number of aliphatic carboxylic acids is 1. The van der Waals surface area contributed by atoms with Crippen molar-refractivity contribution in [3.05, 3.63) is 70.0 Å². The summed E-state index contributed by atoms with van der Waals surface area (Å²) in [5.74, 6) is -1.78. The van der Waals surface area contributed by atoms with E-state index >= 15 is 0 Å². The van der Waals surface area contributed by atoms with E-state index in [9.17, 15) is 35.9 Å². The second-order valence-electron chi connectivity index (χ2n) is 6.89. The van der Waals surface area contributed by atoms with E-state index in [-0.39, 0.29) is 22.1 Å². The summed E-state index contributed by atoms with van der Waals surface area (Å²) in [6.07, 6.45) is -4.72. The van der Waals surface area contributed by atoms with Gasteiger partial charge in [-0.2, -0.15) is 13.2 Å². The van der Waals surface area contributed by atoms with Gasteiger partial charge >= 0.3 is 12.1 Å². The Morgan fingerprint density at radius 3 is 2.47 bits per heavy atom. The highest BCUT2D eigenvalue weighted by atomic mass is 32.2. The molecule has 1 N–H and O–H groups in total. The summed E-state index contributed by atoms with van der Waals surface area (Å²) in [4.78, 5) is 10.8. The molecule has 1 aliphatic rings. The van der Waals surface area contributed by atoms with Gasteiger partial charge in [0.05, 0.1) is 10.5 Å². The van der Waals surface area contributed by atoms with Crippen LogP contribution >= 0.6 is 0 Å². The third-order valence-corrected chi connectivity index (χ3v) is 6.52. The monoisotopic (exact) mass is 439 g/mol. The zero-order valence-electron chi connectivity index (χ0n) is 15.3. The number of sulfone groups is 1. The molecule has 0 aliphatic carbocycles. The quantitative estimate of drug-likeness (QED) is 0.615. The van der Waals surface area contributed by atoms with Gasteiger partial charge in [-0.1, -0.05) is 6.07 Å². The normalized spacial score (nSPS) is 15.3. The summed E-state index contributed by atoms with van der Waals surface area (Å²) in [6, 6.07) is 6.08. The summed E-state index contributed by atoms with van der Waals surface area (Å²) in [7, 11) is -4.18. The van der Waals surface area contributed by atoms with E-state index in [1.54, 1.807) is 6.92 Å². The first kappa shape index (κ1) is 20.1. The molecule has 1 aromatic heterocycles. The Morgan fingerprint density at radius 1 is 1.13 bits per heavy atom. The van der Waals surface area contributed by atoms with Gasteiger partial charge in [0, 0.05) is 38.7 Å². The Kier molecular flexibility index (Phi) is 4.32. The van der Waals surface area contributed by atoms with Crippen molar-refractivity contribution in [3.8, 4) is 0 Å². The van der Waals surface area contributed by atoms with Crippen LogP contribution in [0.4, 0.5) is 17.6 Å². The molecule has 0 saturated heterocycles. The molecule has 3 aromatic rings. The van der Waals surface area contributed by atoms with Gasteiger partial charge < -0.3 is 9.67 Å². The molecule has 0 unspecified atom stereocenters. The molecule has 2 heterocycles. The van der Waals surface area contributed by atoms with Crippen molar-refractivity contribution in [1.29, 1.82) is 0 Å². The number of hydrogen-bond acceptors (Lipinski definition) is 3. The maximum Gasteiger partial charge on any atom is 0.416 e. The van der Waals surface area contributed by atoms with Crippen LogP contribution < -0.4 is 0 Å². The zero-order chi connectivity index (χ0) is 22.0. The van der Waals surface area contributed by atoms with Crippen LogP contribution in [0.25, 0.3) is 16.5 Å². The maximum absolute atomic E-state index is 14.0. The number of carboxylic acids is 1. The molecule has 4 rings (SSSR count). The summed E-state index contributed by atoms with van der Waals surface area (Å²) in [5.41, 5.74) is 0.0150. The van der Waals surface area contributed by atoms with Crippen LogP contribution in [0.15, 0.2) is 46.7 Å². The van der Waals surface area contributed by atoms with E-state index < -0.39 is 44.8 Å². The van der Waals surface area contributed by atoms with Crippen molar-refractivity contribution in [2.75, 3.05) is 0 Å². The van der Waals surface area contributed by atoms with E-state index in [0.717, 1.165) is 29.7 Å². The van der Waals surface area contributed by atoms with Crippen molar-refractivity contribution in [1.82, 2.24) is 4.57 Å². The minimum absolute atomic E-state index is 0.0461. The van der Waals surface area contributed by atoms with E-state index in [1.165, 1.54) is 10.6 Å². The van der Waals surface area contributed by atoms with Crippen LogP contribution in [0.1, 0.15) is 22.4 Å². The van der Waals surface area contributed by atoms with Crippen molar-refractivity contribution < 1.29 is 35.9 Å². The summed E-state index contributed by atoms with van der Waals surface area (Å²) in [5, 5.41) is 10.3. The molecule has 156 valence electrons. The lowest BCUT2D eigenvalue weighted by molar-refractivity contribution is -0.138. The van der Waals surface area contributed by atoms with Gasteiger partial charge in [0.25, 0.3) is 0 Å². The van der Waals surface area contributed by atoms with Gasteiger partial charge in [-0.3, -0.25) is 4.79 Å². The fraction of sp³-hybridized carbons (Fsp3) is 0.150. The number of nitrogens with zero attached hydrogens (tertiary/aromatic N) is 1. The largest absolute Gasteiger partial charge is 0.480 e. The van der Waals surface area contributed by atoms with Crippen LogP contribution in [0, 0.1) is 12.7 Å². The van der Waals surface area contributed by atoms with Gasteiger partial charge in [0.15, 0.2) is 0 Å². The van der Waals surface area contributed by atoms with E-state index in [2.05, 4.69) is 0 Å². The third kappa shape index (κ3) is 3.07. The molecule has 0 radical (unpaired) electrons. The predicted molar refractivity (Wildman–Crippen MR) is 100.0 cm³/mol. The molecule has 1 aliphatic heterocycles. The molecule has 10 heteroatoms. The zero-order valence-corrected chi connectivity index (χ0v) is 16.1. The van der Waals surface area contributed by atoms with Crippen LogP contribution in [0.3, 0.4) is 0 Å². The molecule has 5 nitrogen and oxygen atoms in total. The number of carboxylic acid groups (broad SMARTS) is 1. The second kappa shape index (κ2) is 6.43. The number of aromatic nitrogens is 1. The molecule has 0 amide bonds.